The number of carbonyl (C=O) groups excluding carboxylic acids is 1. The van der Waals surface area contributed by atoms with Gasteiger partial charge in [0, 0.05) is 17.3 Å². The zero-order valence-electron chi connectivity index (χ0n) is 13.8. The normalized spacial score (nSPS) is 10.3. The lowest BCUT2D eigenvalue weighted by molar-refractivity contribution is 0.104. The predicted octanol–water partition coefficient (Wildman–Crippen LogP) is 3.72. The second-order valence-electron chi connectivity index (χ2n) is 5.15. The Morgan fingerprint density at radius 2 is 1.76 bits per heavy atom. The molecule has 0 spiro atoms. The summed E-state index contributed by atoms with van der Waals surface area (Å²) in [6.07, 6.45) is 0. The minimum atomic E-state index is -0.187. The van der Waals surface area contributed by atoms with Crippen LogP contribution in [-0.2, 0) is 0 Å². The number of ether oxygens (including phenoxy) is 2. The minimum absolute atomic E-state index is 0.187. The average molecular weight is 355 g/mol. The van der Waals surface area contributed by atoms with Crippen molar-refractivity contribution in [2.75, 3.05) is 25.3 Å². The molecule has 1 heterocycles. The summed E-state index contributed by atoms with van der Waals surface area (Å²) < 4.78 is 10.3. The Labute approximate surface area is 149 Å². The van der Waals surface area contributed by atoms with Crippen LogP contribution < -0.4 is 20.5 Å². The van der Waals surface area contributed by atoms with Crippen molar-refractivity contribution in [2.24, 2.45) is 0 Å². The van der Waals surface area contributed by atoms with Crippen molar-refractivity contribution < 1.29 is 14.3 Å². The van der Waals surface area contributed by atoms with Crippen molar-refractivity contribution in [3.05, 3.63) is 59.0 Å². The van der Waals surface area contributed by atoms with Crippen LogP contribution in [0.2, 0.25) is 0 Å². The lowest BCUT2D eigenvalue weighted by Gasteiger charge is -2.04. The molecule has 0 fully saturated rings. The molecule has 0 aliphatic rings. The lowest BCUT2D eigenvalue weighted by Crippen LogP contribution is -2.02. The van der Waals surface area contributed by atoms with Gasteiger partial charge in [0.2, 0.25) is 5.78 Å². The van der Waals surface area contributed by atoms with Gasteiger partial charge in [-0.2, -0.15) is 0 Å². The zero-order valence-corrected chi connectivity index (χ0v) is 14.6. The summed E-state index contributed by atoms with van der Waals surface area (Å²) in [5, 5.41) is 3.68. The van der Waals surface area contributed by atoms with Crippen LogP contribution in [0.25, 0.3) is 0 Å². The highest BCUT2D eigenvalue weighted by atomic mass is 32.1. The number of nitrogens with one attached hydrogen (secondary N) is 1. The molecule has 0 saturated heterocycles. The molecule has 3 N–H and O–H groups in total. The molecule has 0 saturated carbocycles. The Kier molecular flexibility index (Phi) is 4.85. The fraction of sp³-hybridized carbons (Fsp3) is 0.111. The molecule has 3 aromatic rings. The standard InChI is InChI=1S/C18H17N3O3S/c1-23-13-7-3-5-11(9-13)15(22)16-17(19)21-18(25-16)20-12-6-4-8-14(10-12)24-2/h3-10H,19H2,1-2H3,(H,20,21). The molecule has 0 bridgehead atoms. The third-order valence-electron chi connectivity index (χ3n) is 3.51. The molecular formula is C18H17N3O3S. The van der Waals surface area contributed by atoms with Gasteiger partial charge >= 0.3 is 0 Å². The lowest BCUT2D eigenvalue weighted by atomic mass is 10.1. The molecule has 3 rings (SSSR count). The number of rotatable bonds is 6. The van der Waals surface area contributed by atoms with E-state index in [1.165, 1.54) is 11.3 Å². The highest BCUT2D eigenvalue weighted by molar-refractivity contribution is 7.18. The summed E-state index contributed by atoms with van der Waals surface area (Å²) in [5.41, 5.74) is 7.24. The average Bonchev–Trinajstić information content (AvgIpc) is 3.01. The molecule has 0 amide bonds. The van der Waals surface area contributed by atoms with Gasteiger partial charge in [0.05, 0.1) is 14.2 Å². The van der Waals surface area contributed by atoms with Crippen molar-refractivity contribution in [1.29, 1.82) is 0 Å². The number of methoxy groups -OCH3 is 2. The van der Waals surface area contributed by atoms with E-state index < -0.39 is 0 Å². The van der Waals surface area contributed by atoms with E-state index in [2.05, 4.69) is 10.3 Å². The first-order valence-corrected chi connectivity index (χ1v) is 8.28. The van der Waals surface area contributed by atoms with Crippen molar-refractivity contribution >= 4 is 33.8 Å². The summed E-state index contributed by atoms with van der Waals surface area (Å²) >= 11 is 1.21. The largest absolute Gasteiger partial charge is 0.497 e. The van der Waals surface area contributed by atoms with Gasteiger partial charge in [0.25, 0.3) is 0 Å². The Morgan fingerprint density at radius 3 is 2.48 bits per heavy atom. The number of hydrogen-bond acceptors (Lipinski definition) is 7. The number of ketones is 1. The molecular weight excluding hydrogens is 338 g/mol. The third-order valence-corrected chi connectivity index (χ3v) is 4.50. The Morgan fingerprint density at radius 1 is 1.08 bits per heavy atom. The van der Waals surface area contributed by atoms with E-state index in [9.17, 15) is 4.79 Å². The van der Waals surface area contributed by atoms with Crippen molar-refractivity contribution in [3.63, 3.8) is 0 Å². The fourth-order valence-electron chi connectivity index (χ4n) is 2.27. The quantitative estimate of drug-likeness (QED) is 0.656. The van der Waals surface area contributed by atoms with E-state index in [1.807, 2.05) is 24.3 Å². The number of anilines is 3. The van der Waals surface area contributed by atoms with Gasteiger partial charge in [-0.3, -0.25) is 4.79 Å². The second kappa shape index (κ2) is 7.23. The van der Waals surface area contributed by atoms with Gasteiger partial charge in [-0.15, -0.1) is 0 Å². The predicted molar refractivity (Wildman–Crippen MR) is 99.2 cm³/mol. The first kappa shape index (κ1) is 16.8. The van der Waals surface area contributed by atoms with E-state index in [1.54, 1.807) is 38.5 Å². The van der Waals surface area contributed by atoms with Crippen LogP contribution in [-0.4, -0.2) is 25.0 Å². The maximum atomic E-state index is 12.7. The van der Waals surface area contributed by atoms with Crippen LogP contribution in [0.5, 0.6) is 11.5 Å². The number of nitrogens with two attached hydrogens (primary N) is 1. The van der Waals surface area contributed by atoms with Gasteiger partial charge in [0.1, 0.15) is 22.2 Å². The molecule has 7 heteroatoms. The summed E-state index contributed by atoms with van der Waals surface area (Å²) in [4.78, 5) is 17.3. The Balaban J connectivity index is 1.85. The van der Waals surface area contributed by atoms with Gasteiger partial charge in [0.15, 0.2) is 5.13 Å². The SMILES string of the molecule is COc1cccc(Nc2nc(N)c(C(=O)c3cccc(OC)c3)s2)c1. The fourth-order valence-corrected chi connectivity index (χ4v) is 3.13. The molecule has 0 atom stereocenters. The minimum Gasteiger partial charge on any atom is -0.497 e. The van der Waals surface area contributed by atoms with Crippen LogP contribution >= 0.6 is 11.3 Å². The molecule has 128 valence electrons. The van der Waals surface area contributed by atoms with Crippen LogP contribution in [0.3, 0.4) is 0 Å². The third kappa shape index (κ3) is 3.72. The maximum Gasteiger partial charge on any atom is 0.206 e. The van der Waals surface area contributed by atoms with Gasteiger partial charge in [-0.05, 0) is 24.3 Å². The van der Waals surface area contributed by atoms with Gasteiger partial charge in [-0.25, -0.2) is 4.98 Å². The van der Waals surface area contributed by atoms with Crippen LogP contribution in [0.1, 0.15) is 15.2 Å². The molecule has 25 heavy (non-hydrogen) atoms. The van der Waals surface area contributed by atoms with E-state index in [-0.39, 0.29) is 11.6 Å². The first-order valence-electron chi connectivity index (χ1n) is 7.47. The number of carbonyl (C=O) groups is 1. The first-order chi connectivity index (χ1) is 12.1. The summed E-state index contributed by atoms with van der Waals surface area (Å²) in [6.45, 7) is 0. The second-order valence-corrected chi connectivity index (χ2v) is 6.15. The smallest absolute Gasteiger partial charge is 0.206 e. The summed E-state index contributed by atoms with van der Waals surface area (Å²) in [6, 6.07) is 14.4. The van der Waals surface area contributed by atoms with E-state index >= 15 is 0 Å². The Bertz CT molecular complexity index is 908. The van der Waals surface area contributed by atoms with Crippen LogP contribution in [0, 0.1) is 0 Å². The topological polar surface area (TPSA) is 86.5 Å². The zero-order chi connectivity index (χ0) is 17.8. The number of aromatic nitrogens is 1. The number of hydrogen-bond donors (Lipinski definition) is 2. The number of nitrogens with zero attached hydrogens (tertiary/aromatic N) is 1. The monoisotopic (exact) mass is 355 g/mol. The van der Waals surface area contributed by atoms with Crippen LogP contribution in [0.15, 0.2) is 48.5 Å². The Hall–Kier alpha value is -3.06. The highest BCUT2D eigenvalue weighted by Gasteiger charge is 2.18. The van der Waals surface area contributed by atoms with Crippen LogP contribution in [0.4, 0.5) is 16.6 Å². The highest BCUT2D eigenvalue weighted by Crippen LogP contribution is 2.31. The molecule has 0 radical (unpaired) electrons. The van der Waals surface area contributed by atoms with Gasteiger partial charge in [-0.1, -0.05) is 29.5 Å². The number of thiazole rings is 1. The molecule has 6 nitrogen and oxygen atoms in total. The van der Waals surface area contributed by atoms with Crippen molar-refractivity contribution in [2.45, 2.75) is 0 Å². The number of benzene rings is 2. The maximum absolute atomic E-state index is 12.7. The molecule has 0 aliphatic carbocycles. The van der Waals surface area contributed by atoms with E-state index in [0.29, 0.717) is 21.3 Å². The molecule has 0 unspecified atom stereocenters. The van der Waals surface area contributed by atoms with Crippen molar-refractivity contribution in [3.8, 4) is 11.5 Å². The molecule has 0 aliphatic heterocycles. The van der Waals surface area contributed by atoms with Crippen molar-refractivity contribution in [1.82, 2.24) is 4.98 Å². The summed E-state index contributed by atoms with van der Waals surface area (Å²) in [7, 11) is 3.16. The van der Waals surface area contributed by atoms with E-state index in [4.69, 9.17) is 15.2 Å². The number of nitrogen functional groups attached to an aromatic ring is 1. The molecule has 1 aromatic heterocycles. The summed E-state index contributed by atoms with van der Waals surface area (Å²) in [5.74, 6) is 1.35. The molecule has 2 aromatic carbocycles. The van der Waals surface area contributed by atoms with E-state index in [0.717, 1.165) is 11.4 Å². The van der Waals surface area contributed by atoms with Gasteiger partial charge < -0.3 is 20.5 Å².